The fraction of sp³-hybridized carbons (Fsp3) is 0.472. The zero-order valence-corrected chi connectivity index (χ0v) is 27.5. The van der Waals surface area contributed by atoms with Crippen molar-refractivity contribution in [2.75, 3.05) is 6.54 Å². The number of carbonyl (C=O) groups is 3. The summed E-state index contributed by atoms with van der Waals surface area (Å²) in [5.74, 6) is -0.817. The molecular formula is C36H45N5O4. The summed E-state index contributed by atoms with van der Waals surface area (Å²) in [5.41, 5.74) is 6.29. The van der Waals surface area contributed by atoms with Crippen LogP contribution in [0, 0.1) is 25.2 Å². The van der Waals surface area contributed by atoms with Gasteiger partial charge in [0.15, 0.2) is 0 Å². The molecular weight excluding hydrogens is 566 g/mol. The molecule has 1 aliphatic carbocycles. The summed E-state index contributed by atoms with van der Waals surface area (Å²) >= 11 is 0. The van der Waals surface area contributed by atoms with E-state index in [1.165, 1.54) is 0 Å². The molecule has 3 aromatic rings. The number of nitrogens with zero attached hydrogens (tertiary/aromatic N) is 4. The molecule has 2 aromatic carbocycles. The summed E-state index contributed by atoms with van der Waals surface area (Å²) in [7, 11) is 1.94. The number of benzene rings is 2. The van der Waals surface area contributed by atoms with Crippen molar-refractivity contribution < 1.29 is 19.5 Å². The van der Waals surface area contributed by atoms with Crippen LogP contribution in [0.25, 0.3) is 11.1 Å². The van der Waals surface area contributed by atoms with E-state index in [1.54, 1.807) is 12.1 Å². The highest BCUT2D eigenvalue weighted by Gasteiger charge is 2.52. The lowest BCUT2D eigenvalue weighted by atomic mass is 9.69. The van der Waals surface area contributed by atoms with E-state index in [4.69, 9.17) is 10.1 Å². The fourth-order valence-electron chi connectivity index (χ4n) is 7.10. The lowest BCUT2D eigenvalue weighted by Gasteiger charge is -2.46. The van der Waals surface area contributed by atoms with Gasteiger partial charge in [0, 0.05) is 36.0 Å². The van der Waals surface area contributed by atoms with E-state index in [2.05, 4.69) is 50.2 Å². The van der Waals surface area contributed by atoms with Crippen LogP contribution < -0.4 is 5.32 Å². The van der Waals surface area contributed by atoms with Gasteiger partial charge in [-0.1, -0.05) is 51.1 Å². The molecule has 1 saturated carbocycles. The molecule has 238 valence electrons. The van der Waals surface area contributed by atoms with Gasteiger partial charge in [0.1, 0.15) is 11.4 Å². The van der Waals surface area contributed by atoms with Gasteiger partial charge in [-0.05, 0) is 87.1 Å². The molecule has 9 heteroatoms. The number of hydrogen-bond donors (Lipinski definition) is 2. The fourth-order valence-corrected chi connectivity index (χ4v) is 7.10. The maximum atomic E-state index is 14.5. The second-order valence-electron chi connectivity index (χ2n) is 13.7. The van der Waals surface area contributed by atoms with Crippen molar-refractivity contribution in [1.82, 2.24) is 20.0 Å². The lowest BCUT2D eigenvalue weighted by molar-refractivity contribution is -0.137. The maximum Gasteiger partial charge on any atom is 0.305 e. The van der Waals surface area contributed by atoms with Crippen LogP contribution in [0.5, 0.6) is 0 Å². The molecule has 0 saturated heterocycles. The molecule has 1 spiro atoms. The molecule has 0 radical (unpaired) electrons. The molecule has 9 nitrogen and oxygen atoms in total. The van der Waals surface area contributed by atoms with Gasteiger partial charge in [-0.2, -0.15) is 5.10 Å². The monoisotopic (exact) mass is 611 g/mol. The normalized spacial score (nSPS) is 20.8. The third-order valence-electron chi connectivity index (χ3n) is 9.80. The number of carbonyl (C=O) groups excluding carboxylic acids is 2. The van der Waals surface area contributed by atoms with Crippen LogP contribution in [0.3, 0.4) is 0 Å². The molecule has 45 heavy (non-hydrogen) atoms. The topological polar surface area (TPSA) is 117 Å². The summed E-state index contributed by atoms with van der Waals surface area (Å²) in [6.45, 7) is 13.0. The van der Waals surface area contributed by atoms with E-state index in [0.717, 1.165) is 59.3 Å². The molecule has 2 N–H and O–H groups in total. The largest absolute Gasteiger partial charge is 0.481 e. The van der Waals surface area contributed by atoms with E-state index >= 15 is 0 Å². The van der Waals surface area contributed by atoms with Crippen molar-refractivity contribution in [3.63, 3.8) is 0 Å². The first kappa shape index (κ1) is 32.1. The van der Waals surface area contributed by atoms with Gasteiger partial charge in [0.2, 0.25) is 0 Å². The number of amides is 2. The molecule has 1 fully saturated rings. The number of aryl methyl sites for hydroxylation is 2. The minimum Gasteiger partial charge on any atom is -0.481 e. The number of rotatable bonds is 8. The molecule has 1 aromatic heterocycles. The van der Waals surface area contributed by atoms with Crippen LogP contribution in [0.1, 0.15) is 98.7 Å². The first-order chi connectivity index (χ1) is 21.2. The van der Waals surface area contributed by atoms with Gasteiger partial charge in [-0.25, -0.2) is 0 Å². The Balaban J connectivity index is 1.47. The van der Waals surface area contributed by atoms with Gasteiger partial charge in [0.05, 0.1) is 18.2 Å². The highest BCUT2D eigenvalue weighted by molar-refractivity contribution is 6.47. The predicted molar refractivity (Wildman–Crippen MR) is 175 cm³/mol. The molecule has 0 bridgehead atoms. The van der Waals surface area contributed by atoms with E-state index in [-0.39, 0.29) is 36.2 Å². The second-order valence-corrected chi connectivity index (χ2v) is 13.7. The highest BCUT2D eigenvalue weighted by Crippen LogP contribution is 2.49. The summed E-state index contributed by atoms with van der Waals surface area (Å²) in [6.07, 6.45) is 3.42. The van der Waals surface area contributed by atoms with Crippen LogP contribution in [0.15, 0.2) is 53.5 Å². The Morgan fingerprint density at radius 2 is 1.71 bits per heavy atom. The quantitative estimate of drug-likeness (QED) is 0.313. The van der Waals surface area contributed by atoms with Crippen LogP contribution >= 0.6 is 0 Å². The minimum absolute atomic E-state index is 0.0634. The maximum absolute atomic E-state index is 14.5. The number of aliphatic imine (C=N–C) groups is 1. The van der Waals surface area contributed by atoms with E-state index in [1.807, 2.05) is 54.7 Å². The van der Waals surface area contributed by atoms with Crippen molar-refractivity contribution in [3.8, 4) is 11.1 Å². The van der Waals surface area contributed by atoms with Gasteiger partial charge >= 0.3 is 5.97 Å². The minimum atomic E-state index is -0.962. The van der Waals surface area contributed by atoms with Crippen LogP contribution in [0.2, 0.25) is 0 Å². The Morgan fingerprint density at radius 3 is 2.29 bits per heavy atom. The first-order valence-corrected chi connectivity index (χ1v) is 15.9. The smallest absolute Gasteiger partial charge is 0.305 e. The second kappa shape index (κ2) is 12.3. The summed E-state index contributed by atoms with van der Waals surface area (Å²) in [6, 6.07) is 15.0. The average molecular weight is 612 g/mol. The van der Waals surface area contributed by atoms with E-state index in [0.29, 0.717) is 17.2 Å². The van der Waals surface area contributed by atoms with Crippen molar-refractivity contribution in [1.29, 1.82) is 0 Å². The SMILES string of the molecule is Cc1nn(C)c(C)c1-c1cccc(C2=NC3(CCC(C(C)(C)C)CC3)N([C@H](C)c3ccc(C(=O)NCCC(=O)O)cc3)C2=O)c1. The van der Waals surface area contributed by atoms with Crippen LogP contribution in [-0.4, -0.2) is 55.5 Å². The Hall–Kier alpha value is -4.27. The van der Waals surface area contributed by atoms with E-state index < -0.39 is 11.6 Å². The Labute approximate surface area is 265 Å². The zero-order chi connectivity index (χ0) is 32.7. The molecule has 1 aliphatic heterocycles. The number of nitrogens with one attached hydrogen (secondary N) is 1. The van der Waals surface area contributed by atoms with Crippen molar-refractivity contribution >= 4 is 23.5 Å². The molecule has 0 unspecified atom stereocenters. The molecule has 2 aliphatic rings. The van der Waals surface area contributed by atoms with Gasteiger partial charge in [-0.15, -0.1) is 0 Å². The van der Waals surface area contributed by atoms with Crippen molar-refractivity contribution in [3.05, 3.63) is 76.6 Å². The summed E-state index contributed by atoms with van der Waals surface area (Å²) in [5, 5.41) is 16.1. The van der Waals surface area contributed by atoms with Crippen LogP contribution in [-0.2, 0) is 16.6 Å². The standard InChI is InChI=1S/C36H45N5O4/c1-22-31(24(3)40(7)39-22)27-9-8-10-28(21-27)32-34(45)41(36(38-32)18-15-29(16-19-36)35(4,5)6)23(2)25-11-13-26(14-12-25)33(44)37-20-17-30(42)43/h8-14,21,23,29H,15-20H2,1-7H3,(H,37,44)(H,42,43)/t23-,29?,36?/m1/s1. The van der Waals surface area contributed by atoms with Crippen molar-refractivity contribution in [2.45, 2.75) is 85.4 Å². The number of hydrogen-bond acceptors (Lipinski definition) is 5. The predicted octanol–water partition coefficient (Wildman–Crippen LogP) is 6.23. The Bertz CT molecular complexity index is 1640. The zero-order valence-electron chi connectivity index (χ0n) is 27.5. The van der Waals surface area contributed by atoms with Gasteiger partial charge in [0.25, 0.3) is 11.8 Å². The third kappa shape index (κ3) is 6.30. The molecule has 5 rings (SSSR count). The average Bonchev–Trinajstić information content (AvgIpc) is 3.42. The van der Waals surface area contributed by atoms with Crippen molar-refractivity contribution in [2.24, 2.45) is 23.4 Å². The van der Waals surface area contributed by atoms with E-state index in [9.17, 15) is 14.4 Å². The van der Waals surface area contributed by atoms with Gasteiger partial charge in [-0.3, -0.25) is 24.1 Å². The van der Waals surface area contributed by atoms with Gasteiger partial charge < -0.3 is 15.3 Å². The number of carboxylic acids is 1. The third-order valence-corrected chi connectivity index (χ3v) is 9.80. The first-order valence-electron chi connectivity index (χ1n) is 15.9. The Kier molecular flexibility index (Phi) is 8.75. The van der Waals surface area contributed by atoms with Crippen LogP contribution in [0.4, 0.5) is 0 Å². The number of aromatic nitrogens is 2. The number of carboxylic acid groups (broad SMARTS) is 1. The molecule has 2 amide bonds. The summed E-state index contributed by atoms with van der Waals surface area (Å²) < 4.78 is 1.88. The molecule has 1 atom stereocenters. The Morgan fingerprint density at radius 1 is 1.07 bits per heavy atom. The lowest BCUT2D eigenvalue weighted by Crippen LogP contribution is -2.50. The number of aliphatic carboxylic acids is 1. The molecule has 2 heterocycles. The highest BCUT2D eigenvalue weighted by atomic mass is 16.4. The summed E-state index contributed by atoms with van der Waals surface area (Å²) in [4.78, 5) is 45.1.